The Morgan fingerprint density at radius 2 is 1.76 bits per heavy atom. The van der Waals surface area contributed by atoms with Crippen molar-refractivity contribution in [1.29, 1.82) is 0 Å². The molecule has 1 nitrogen and oxygen atoms in total. The summed E-state index contributed by atoms with van der Waals surface area (Å²) in [7, 11) is 0. The van der Waals surface area contributed by atoms with E-state index in [1.54, 1.807) is 0 Å². The molecule has 0 saturated carbocycles. The van der Waals surface area contributed by atoms with Crippen LogP contribution in [0.3, 0.4) is 0 Å². The number of rotatable bonds is 9. The maximum Gasteiger partial charge on any atom is 0.134 e. The predicted octanol–water partition coefficient (Wildman–Crippen LogP) is 5.71. The van der Waals surface area contributed by atoms with Crippen LogP contribution in [-0.2, 0) is 0 Å². The summed E-state index contributed by atoms with van der Waals surface area (Å²) in [6, 6.07) is 6.13. The lowest BCUT2D eigenvalue weighted by Gasteiger charge is -2.09. The third kappa shape index (κ3) is 8.02. The van der Waals surface area contributed by atoms with Crippen molar-refractivity contribution in [3.63, 3.8) is 0 Å². The van der Waals surface area contributed by atoms with Crippen molar-refractivity contribution < 1.29 is 4.74 Å². The van der Waals surface area contributed by atoms with E-state index in [1.165, 1.54) is 44.1 Å². The highest BCUT2D eigenvalue weighted by Crippen LogP contribution is 2.19. The van der Waals surface area contributed by atoms with Crippen molar-refractivity contribution in [1.82, 2.24) is 0 Å². The molecule has 0 amide bonds. The summed E-state index contributed by atoms with van der Waals surface area (Å²) in [4.78, 5) is 0. The quantitative estimate of drug-likeness (QED) is 0.322. The van der Waals surface area contributed by atoms with Crippen LogP contribution in [0, 0.1) is 18.8 Å². The molecule has 0 aliphatic heterocycles. The van der Waals surface area contributed by atoms with Gasteiger partial charge < -0.3 is 4.74 Å². The molecule has 0 heterocycles. The molecule has 0 aliphatic carbocycles. The normalized spacial score (nSPS) is 10.0. The molecule has 0 saturated heterocycles. The van der Waals surface area contributed by atoms with Crippen LogP contribution in [0.15, 0.2) is 18.2 Å². The Morgan fingerprint density at radius 1 is 1.05 bits per heavy atom. The minimum Gasteiger partial charge on any atom is -0.492 e. The number of unbranched alkanes of at least 4 members (excludes halogenated alkanes) is 6. The maximum atomic E-state index is 5.87. The Labute approximate surface area is 135 Å². The molecule has 21 heavy (non-hydrogen) atoms. The standard InChI is InChI=1S/C19H27ClO/c1-3-4-5-6-7-8-9-15-21-19-13-12-17(2)16-18(19)11-10-14-20/h12-13,16H,3-9,14-15H2,1-2H3. The molecule has 1 aromatic carbocycles. The second-order valence-electron chi connectivity index (χ2n) is 5.40. The zero-order valence-corrected chi connectivity index (χ0v) is 14.1. The average molecular weight is 307 g/mol. The number of alkyl halides is 1. The zero-order valence-electron chi connectivity index (χ0n) is 13.4. The van der Waals surface area contributed by atoms with E-state index in [4.69, 9.17) is 16.3 Å². The number of aryl methyl sites for hydroxylation is 1. The van der Waals surface area contributed by atoms with Crippen molar-refractivity contribution in [2.75, 3.05) is 12.5 Å². The molecule has 0 fully saturated rings. The molecule has 1 aromatic rings. The topological polar surface area (TPSA) is 9.23 Å². The first kappa shape index (κ1) is 17.9. The molecule has 0 N–H and O–H groups in total. The van der Waals surface area contributed by atoms with Gasteiger partial charge in [-0.15, -0.1) is 11.6 Å². The van der Waals surface area contributed by atoms with Gasteiger partial charge in [0, 0.05) is 0 Å². The Balaban J connectivity index is 2.31. The van der Waals surface area contributed by atoms with Gasteiger partial charge in [-0.2, -0.15) is 0 Å². The minimum absolute atomic E-state index is 0.352. The van der Waals surface area contributed by atoms with Gasteiger partial charge in [0.05, 0.1) is 18.1 Å². The van der Waals surface area contributed by atoms with Crippen molar-refractivity contribution in [3.05, 3.63) is 29.3 Å². The maximum absolute atomic E-state index is 5.87. The van der Waals surface area contributed by atoms with Gasteiger partial charge in [-0.1, -0.05) is 63.4 Å². The second-order valence-corrected chi connectivity index (χ2v) is 5.67. The molecular weight excluding hydrogens is 280 g/mol. The first-order chi connectivity index (χ1) is 10.3. The lowest BCUT2D eigenvalue weighted by atomic mass is 10.1. The van der Waals surface area contributed by atoms with Crippen LogP contribution < -0.4 is 4.74 Å². The molecule has 0 unspecified atom stereocenters. The Kier molecular flexibility index (Phi) is 9.83. The van der Waals surface area contributed by atoms with Gasteiger partial charge in [0.15, 0.2) is 0 Å². The van der Waals surface area contributed by atoms with Gasteiger partial charge in [0.1, 0.15) is 5.75 Å². The van der Waals surface area contributed by atoms with Crippen molar-refractivity contribution >= 4 is 11.6 Å². The van der Waals surface area contributed by atoms with E-state index in [0.29, 0.717) is 5.88 Å². The number of halogens is 1. The SMILES string of the molecule is CCCCCCCCCOc1ccc(C)cc1C#CCCl. The fourth-order valence-corrected chi connectivity index (χ4v) is 2.30. The molecule has 0 radical (unpaired) electrons. The van der Waals surface area contributed by atoms with Gasteiger partial charge in [-0.25, -0.2) is 0 Å². The number of hydrogen-bond acceptors (Lipinski definition) is 1. The largest absolute Gasteiger partial charge is 0.492 e. The predicted molar refractivity (Wildman–Crippen MR) is 92.3 cm³/mol. The third-order valence-corrected chi connectivity index (χ3v) is 3.56. The van der Waals surface area contributed by atoms with E-state index in [-0.39, 0.29) is 0 Å². The molecule has 116 valence electrons. The monoisotopic (exact) mass is 306 g/mol. The van der Waals surface area contributed by atoms with Crippen molar-refractivity contribution in [3.8, 4) is 17.6 Å². The summed E-state index contributed by atoms with van der Waals surface area (Å²) >= 11 is 5.63. The molecular formula is C19H27ClO. The highest BCUT2D eigenvalue weighted by atomic mass is 35.5. The zero-order chi connectivity index (χ0) is 15.3. The van der Waals surface area contributed by atoms with Gasteiger partial charge >= 0.3 is 0 Å². The molecule has 2 heteroatoms. The van der Waals surface area contributed by atoms with Crippen LogP contribution in [0.25, 0.3) is 0 Å². The number of ether oxygens (including phenoxy) is 1. The fourth-order valence-electron chi connectivity index (χ4n) is 2.24. The smallest absolute Gasteiger partial charge is 0.134 e. The Morgan fingerprint density at radius 3 is 2.48 bits per heavy atom. The summed E-state index contributed by atoms with van der Waals surface area (Å²) in [5.74, 6) is 7.20. The van der Waals surface area contributed by atoms with E-state index in [0.717, 1.165) is 24.3 Å². The Hall–Kier alpha value is -1.13. The molecule has 0 bridgehead atoms. The second kappa shape index (κ2) is 11.5. The highest BCUT2D eigenvalue weighted by molar-refractivity contribution is 6.19. The van der Waals surface area contributed by atoms with E-state index >= 15 is 0 Å². The molecule has 0 spiro atoms. The summed E-state index contributed by atoms with van der Waals surface area (Å²) < 4.78 is 5.87. The van der Waals surface area contributed by atoms with E-state index < -0.39 is 0 Å². The van der Waals surface area contributed by atoms with Gasteiger partial charge in [0.2, 0.25) is 0 Å². The molecule has 0 aromatic heterocycles. The third-order valence-electron chi connectivity index (χ3n) is 3.43. The molecule has 0 atom stereocenters. The lowest BCUT2D eigenvalue weighted by Crippen LogP contribution is -1.99. The highest BCUT2D eigenvalue weighted by Gasteiger charge is 2.01. The van der Waals surface area contributed by atoms with E-state index in [2.05, 4.69) is 37.8 Å². The minimum atomic E-state index is 0.352. The van der Waals surface area contributed by atoms with E-state index in [9.17, 15) is 0 Å². The fraction of sp³-hybridized carbons (Fsp3) is 0.579. The average Bonchev–Trinajstić information content (AvgIpc) is 2.49. The van der Waals surface area contributed by atoms with Crippen LogP contribution in [0.5, 0.6) is 5.75 Å². The summed E-state index contributed by atoms with van der Waals surface area (Å²) in [6.45, 7) is 5.08. The molecule has 0 aliphatic rings. The van der Waals surface area contributed by atoms with Crippen molar-refractivity contribution in [2.45, 2.75) is 58.8 Å². The van der Waals surface area contributed by atoms with Crippen LogP contribution in [0.4, 0.5) is 0 Å². The molecule has 1 rings (SSSR count). The summed E-state index contributed by atoms with van der Waals surface area (Å²) in [5, 5.41) is 0. The van der Waals surface area contributed by atoms with Crippen LogP contribution in [0.1, 0.15) is 63.0 Å². The number of benzene rings is 1. The summed E-state index contributed by atoms with van der Waals surface area (Å²) in [6.07, 6.45) is 9.07. The van der Waals surface area contributed by atoms with Crippen molar-refractivity contribution in [2.24, 2.45) is 0 Å². The van der Waals surface area contributed by atoms with Crippen LogP contribution >= 0.6 is 11.6 Å². The van der Waals surface area contributed by atoms with Gasteiger partial charge in [0.25, 0.3) is 0 Å². The number of hydrogen-bond donors (Lipinski definition) is 0. The first-order valence-electron chi connectivity index (χ1n) is 8.06. The van der Waals surface area contributed by atoms with Gasteiger partial charge in [-0.05, 0) is 31.0 Å². The van der Waals surface area contributed by atoms with Crippen LogP contribution in [0.2, 0.25) is 0 Å². The van der Waals surface area contributed by atoms with Crippen LogP contribution in [-0.4, -0.2) is 12.5 Å². The lowest BCUT2D eigenvalue weighted by molar-refractivity contribution is 0.303. The van der Waals surface area contributed by atoms with E-state index in [1.807, 2.05) is 6.07 Å². The van der Waals surface area contributed by atoms with Gasteiger partial charge in [-0.3, -0.25) is 0 Å². The summed E-state index contributed by atoms with van der Waals surface area (Å²) in [5.41, 5.74) is 2.13. The first-order valence-corrected chi connectivity index (χ1v) is 8.59. The Bertz CT molecular complexity index is 456.